The van der Waals surface area contributed by atoms with E-state index in [1.807, 2.05) is 6.92 Å². The Balaban J connectivity index is 2.23. The van der Waals surface area contributed by atoms with Crippen LogP contribution in [-0.4, -0.2) is 10.8 Å². The van der Waals surface area contributed by atoms with E-state index >= 15 is 0 Å². The molecule has 5 heteroatoms. The third-order valence-corrected chi connectivity index (χ3v) is 2.92. The van der Waals surface area contributed by atoms with Gasteiger partial charge in [-0.05, 0) is 18.1 Å². The number of carbonyl (C=O) groups is 1. The first-order chi connectivity index (χ1) is 9.51. The highest BCUT2D eigenvalue weighted by Gasteiger charge is 2.19. The summed E-state index contributed by atoms with van der Waals surface area (Å²) in [5.41, 5.74) is 0.684. The van der Waals surface area contributed by atoms with Gasteiger partial charge in [0.1, 0.15) is 17.5 Å². The number of Topliss-reactive ketones (excluding diaryl/α,β-unsaturated/α-hetero) is 1. The van der Waals surface area contributed by atoms with E-state index in [0.717, 1.165) is 12.0 Å². The van der Waals surface area contributed by atoms with Crippen LogP contribution in [0.1, 0.15) is 28.5 Å². The molecule has 0 N–H and O–H groups in total. The number of halogens is 3. The van der Waals surface area contributed by atoms with E-state index < -0.39 is 28.8 Å². The fourth-order valence-electron chi connectivity index (χ4n) is 1.83. The molecule has 0 amide bonds. The van der Waals surface area contributed by atoms with E-state index in [1.54, 1.807) is 18.3 Å². The molecular weight excluding hydrogens is 267 g/mol. The van der Waals surface area contributed by atoms with Gasteiger partial charge in [0.15, 0.2) is 5.78 Å². The van der Waals surface area contributed by atoms with Crippen LogP contribution >= 0.6 is 0 Å². The third kappa shape index (κ3) is 3.04. The number of rotatable bonds is 4. The lowest BCUT2D eigenvalue weighted by Crippen LogP contribution is -2.10. The number of hydrogen-bond donors (Lipinski definition) is 0. The minimum absolute atomic E-state index is 0.233. The molecule has 2 nitrogen and oxygen atoms in total. The summed E-state index contributed by atoms with van der Waals surface area (Å²) in [5, 5.41) is 0. The van der Waals surface area contributed by atoms with Crippen molar-refractivity contribution >= 4 is 5.78 Å². The van der Waals surface area contributed by atoms with E-state index in [2.05, 4.69) is 4.98 Å². The van der Waals surface area contributed by atoms with Crippen LogP contribution in [0.4, 0.5) is 13.2 Å². The lowest BCUT2D eigenvalue weighted by atomic mass is 10.0. The first kappa shape index (κ1) is 14.2. The molecule has 0 aliphatic heterocycles. The van der Waals surface area contributed by atoms with Crippen molar-refractivity contribution in [1.29, 1.82) is 0 Å². The largest absolute Gasteiger partial charge is 0.294 e. The zero-order chi connectivity index (χ0) is 14.7. The molecule has 0 bridgehead atoms. The molecule has 0 aliphatic carbocycles. The summed E-state index contributed by atoms with van der Waals surface area (Å²) in [6, 6.07) is 4.41. The molecule has 20 heavy (non-hydrogen) atoms. The molecule has 0 unspecified atom stereocenters. The fraction of sp³-hybridized carbons (Fsp3) is 0.200. The maximum Gasteiger partial charge on any atom is 0.174 e. The molecule has 0 fully saturated rings. The summed E-state index contributed by atoms with van der Waals surface area (Å²) in [7, 11) is 0. The summed E-state index contributed by atoms with van der Waals surface area (Å²) in [5.74, 6) is -4.21. The Bertz CT molecular complexity index is 615. The van der Waals surface area contributed by atoms with Crippen LogP contribution in [0, 0.1) is 17.5 Å². The molecule has 0 saturated heterocycles. The van der Waals surface area contributed by atoms with E-state index in [4.69, 9.17) is 0 Å². The highest BCUT2D eigenvalue weighted by Crippen LogP contribution is 2.17. The third-order valence-electron chi connectivity index (χ3n) is 2.92. The Hall–Kier alpha value is -2.17. The minimum atomic E-state index is -1.20. The predicted molar refractivity (Wildman–Crippen MR) is 68.0 cm³/mol. The summed E-state index contributed by atoms with van der Waals surface area (Å²) in [4.78, 5) is 15.9. The van der Waals surface area contributed by atoms with Crippen molar-refractivity contribution in [2.24, 2.45) is 0 Å². The highest BCUT2D eigenvalue weighted by molar-refractivity contribution is 5.97. The number of hydrogen-bond acceptors (Lipinski definition) is 2. The van der Waals surface area contributed by atoms with Crippen LogP contribution in [0.15, 0.2) is 30.5 Å². The number of aromatic nitrogens is 1. The Morgan fingerprint density at radius 2 is 1.80 bits per heavy atom. The predicted octanol–water partition coefficient (Wildman–Crippen LogP) is 3.49. The second-order valence-corrected chi connectivity index (χ2v) is 4.36. The number of pyridine rings is 1. The molecule has 2 rings (SSSR count). The van der Waals surface area contributed by atoms with Gasteiger partial charge in [0.2, 0.25) is 0 Å². The van der Waals surface area contributed by atoms with Crippen molar-refractivity contribution in [3.05, 3.63) is 64.7 Å². The van der Waals surface area contributed by atoms with Crippen LogP contribution in [0.25, 0.3) is 0 Å². The summed E-state index contributed by atoms with van der Waals surface area (Å²) < 4.78 is 39.7. The minimum Gasteiger partial charge on any atom is -0.294 e. The number of aryl methyl sites for hydroxylation is 1. The van der Waals surface area contributed by atoms with Crippen molar-refractivity contribution in [2.75, 3.05) is 0 Å². The zero-order valence-electron chi connectivity index (χ0n) is 10.8. The SMILES string of the molecule is CCc1ccc(CC(=O)c2c(F)cc(F)cc2F)nc1. The van der Waals surface area contributed by atoms with Crippen LogP contribution in [-0.2, 0) is 12.8 Å². The lowest BCUT2D eigenvalue weighted by molar-refractivity contribution is 0.0983. The number of carbonyl (C=O) groups excluding carboxylic acids is 1. The second-order valence-electron chi connectivity index (χ2n) is 4.36. The first-order valence-electron chi connectivity index (χ1n) is 6.12. The summed E-state index contributed by atoms with van der Waals surface area (Å²) in [6.07, 6.45) is 2.19. The summed E-state index contributed by atoms with van der Waals surface area (Å²) >= 11 is 0. The van der Waals surface area contributed by atoms with Gasteiger partial charge in [0, 0.05) is 24.0 Å². The smallest absolute Gasteiger partial charge is 0.174 e. The Morgan fingerprint density at radius 1 is 1.15 bits per heavy atom. The summed E-state index contributed by atoms with van der Waals surface area (Å²) in [6.45, 7) is 1.96. The van der Waals surface area contributed by atoms with Crippen molar-refractivity contribution in [2.45, 2.75) is 19.8 Å². The van der Waals surface area contributed by atoms with Gasteiger partial charge in [-0.25, -0.2) is 13.2 Å². The molecular formula is C15H12F3NO. The molecule has 0 spiro atoms. The fourth-order valence-corrected chi connectivity index (χ4v) is 1.83. The molecule has 1 heterocycles. The average Bonchev–Trinajstić information content (AvgIpc) is 2.38. The lowest BCUT2D eigenvalue weighted by Gasteiger charge is -2.05. The maximum atomic E-state index is 13.5. The van der Waals surface area contributed by atoms with Crippen molar-refractivity contribution in [1.82, 2.24) is 4.98 Å². The van der Waals surface area contributed by atoms with Crippen LogP contribution < -0.4 is 0 Å². The van der Waals surface area contributed by atoms with E-state index in [0.29, 0.717) is 17.8 Å². The molecule has 1 aromatic heterocycles. The topological polar surface area (TPSA) is 30.0 Å². The van der Waals surface area contributed by atoms with Gasteiger partial charge in [0.05, 0.1) is 12.0 Å². The molecule has 0 atom stereocenters. The Labute approximate surface area is 114 Å². The van der Waals surface area contributed by atoms with E-state index in [-0.39, 0.29) is 6.42 Å². The van der Waals surface area contributed by atoms with Gasteiger partial charge in [0.25, 0.3) is 0 Å². The molecule has 0 radical (unpaired) electrons. The zero-order valence-corrected chi connectivity index (χ0v) is 10.8. The molecule has 1 aromatic carbocycles. The van der Waals surface area contributed by atoms with Gasteiger partial charge in [-0.15, -0.1) is 0 Å². The molecule has 0 aliphatic rings. The van der Waals surface area contributed by atoms with Crippen molar-refractivity contribution in [3.63, 3.8) is 0 Å². The maximum absolute atomic E-state index is 13.5. The molecule has 104 valence electrons. The van der Waals surface area contributed by atoms with Crippen LogP contribution in [0.3, 0.4) is 0 Å². The van der Waals surface area contributed by atoms with Crippen LogP contribution in [0.2, 0.25) is 0 Å². The van der Waals surface area contributed by atoms with E-state index in [1.165, 1.54) is 0 Å². The number of benzene rings is 1. The van der Waals surface area contributed by atoms with Gasteiger partial charge in [-0.1, -0.05) is 13.0 Å². The van der Waals surface area contributed by atoms with Gasteiger partial charge >= 0.3 is 0 Å². The monoisotopic (exact) mass is 279 g/mol. The normalized spacial score (nSPS) is 10.6. The van der Waals surface area contributed by atoms with Crippen LogP contribution in [0.5, 0.6) is 0 Å². The average molecular weight is 279 g/mol. The van der Waals surface area contributed by atoms with Gasteiger partial charge in [-0.2, -0.15) is 0 Å². The second kappa shape index (κ2) is 5.86. The highest BCUT2D eigenvalue weighted by atomic mass is 19.1. The van der Waals surface area contributed by atoms with E-state index in [9.17, 15) is 18.0 Å². The van der Waals surface area contributed by atoms with Gasteiger partial charge < -0.3 is 0 Å². The quantitative estimate of drug-likeness (QED) is 0.802. The number of nitrogens with zero attached hydrogens (tertiary/aromatic N) is 1. The molecule has 2 aromatic rings. The Morgan fingerprint density at radius 3 is 2.30 bits per heavy atom. The first-order valence-corrected chi connectivity index (χ1v) is 6.12. The van der Waals surface area contributed by atoms with Crippen molar-refractivity contribution < 1.29 is 18.0 Å². The molecule has 0 saturated carbocycles. The standard InChI is InChI=1S/C15H12F3NO/c1-2-9-3-4-11(19-8-9)7-14(20)15-12(17)5-10(16)6-13(15)18/h3-6,8H,2,7H2,1H3. The number of ketones is 1. The Kier molecular flexibility index (Phi) is 4.17. The van der Waals surface area contributed by atoms with Crippen molar-refractivity contribution in [3.8, 4) is 0 Å². The van der Waals surface area contributed by atoms with Gasteiger partial charge in [-0.3, -0.25) is 9.78 Å².